The van der Waals surface area contributed by atoms with E-state index in [1.165, 1.54) is 23.8 Å². The molecule has 1 aromatic carbocycles. The minimum atomic E-state index is -0.190. The molecule has 5 nitrogen and oxygen atoms in total. The van der Waals surface area contributed by atoms with Crippen LogP contribution in [0.2, 0.25) is 0 Å². The lowest BCUT2D eigenvalue weighted by molar-refractivity contribution is -0.127. The van der Waals surface area contributed by atoms with Crippen LogP contribution in [0.1, 0.15) is 31.2 Å². The first-order valence-electron chi connectivity index (χ1n) is 8.54. The maximum atomic E-state index is 13.7. The Kier molecular flexibility index (Phi) is 9.77. The van der Waals surface area contributed by atoms with Crippen molar-refractivity contribution in [3.63, 3.8) is 0 Å². The highest BCUT2D eigenvalue weighted by Crippen LogP contribution is 2.17. The topological polar surface area (TPSA) is 56.7 Å². The molecular formula is C18H28FIN4O. The molecule has 1 amide bonds. The van der Waals surface area contributed by atoms with Crippen LogP contribution in [0.25, 0.3) is 0 Å². The Morgan fingerprint density at radius 2 is 1.96 bits per heavy atom. The van der Waals surface area contributed by atoms with Gasteiger partial charge in [-0.2, -0.15) is 0 Å². The van der Waals surface area contributed by atoms with E-state index in [9.17, 15) is 9.18 Å². The van der Waals surface area contributed by atoms with Crippen LogP contribution in [-0.2, 0) is 11.2 Å². The fourth-order valence-corrected chi connectivity index (χ4v) is 2.72. The van der Waals surface area contributed by atoms with Crippen LogP contribution in [-0.4, -0.2) is 50.0 Å². The predicted molar refractivity (Wildman–Crippen MR) is 110 cm³/mol. The molecule has 7 heteroatoms. The number of likely N-dealkylation sites (N-methyl/N-ethyl adjacent to an activating group) is 1. The number of benzene rings is 1. The molecule has 0 saturated heterocycles. The van der Waals surface area contributed by atoms with E-state index in [4.69, 9.17) is 0 Å². The van der Waals surface area contributed by atoms with Crippen LogP contribution in [0.5, 0.6) is 0 Å². The molecule has 1 aliphatic carbocycles. The van der Waals surface area contributed by atoms with Crippen molar-refractivity contribution in [3.8, 4) is 0 Å². The number of aliphatic imine (C=N–C) groups is 1. The SMILES string of the molecule is CN(C)C(=O)CN=C(NCCc1ccccc1F)NC1CCCC1.I. The van der Waals surface area contributed by atoms with E-state index < -0.39 is 0 Å². The molecule has 2 rings (SSSR count). The van der Waals surface area contributed by atoms with E-state index in [1.54, 1.807) is 26.2 Å². The maximum Gasteiger partial charge on any atom is 0.243 e. The number of carbonyl (C=O) groups is 1. The number of guanidine groups is 1. The lowest BCUT2D eigenvalue weighted by Crippen LogP contribution is -2.43. The van der Waals surface area contributed by atoms with Crippen molar-refractivity contribution >= 4 is 35.8 Å². The summed E-state index contributed by atoms with van der Waals surface area (Å²) >= 11 is 0. The van der Waals surface area contributed by atoms with Crippen molar-refractivity contribution in [1.29, 1.82) is 0 Å². The summed E-state index contributed by atoms with van der Waals surface area (Å²) in [4.78, 5) is 17.6. The van der Waals surface area contributed by atoms with Crippen LogP contribution in [0.4, 0.5) is 4.39 Å². The second-order valence-corrected chi connectivity index (χ2v) is 6.35. The molecule has 1 aliphatic rings. The van der Waals surface area contributed by atoms with Crippen molar-refractivity contribution in [2.45, 2.75) is 38.1 Å². The van der Waals surface area contributed by atoms with Gasteiger partial charge in [-0.1, -0.05) is 31.0 Å². The minimum absolute atomic E-state index is 0. The average molecular weight is 462 g/mol. The molecule has 0 aliphatic heterocycles. The van der Waals surface area contributed by atoms with Crippen molar-refractivity contribution in [3.05, 3.63) is 35.6 Å². The number of hydrogen-bond acceptors (Lipinski definition) is 2. The fraction of sp³-hybridized carbons (Fsp3) is 0.556. The molecule has 1 saturated carbocycles. The second-order valence-electron chi connectivity index (χ2n) is 6.35. The van der Waals surface area contributed by atoms with Gasteiger partial charge in [0.25, 0.3) is 0 Å². The lowest BCUT2D eigenvalue weighted by atomic mass is 10.1. The van der Waals surface area contributed by atoms with Gasteiger partial charge in [0.1, 0.15) is 12.4 Å². The Balaban J connectivity index is 0.00000312. The summed E-state index contributed by atoms with van der Waals surface area (Å²) in [7, 11) is 3.43. The summed E-state index contributed by atoms with van der Waals surface area (Å²) < 4.78 is 13.7. The number of nitrogens with one attached hydrogen (secondary N) is 2. The largest absolute Gasteiger partial charge is 0.356 e. The molecule has 0 heterocycles. The molecule has 0 aromatic heterocycles. The molecule has 140 valence electrons. The summed E-state index contributed by atoms with van der Waals surface area (Å²) in [5.74, 6) is 0.398. The smallest absolute Gasteiger partial charge is 0.243 e. The minimum Gasteiger partial charge on any atom is -0.356 e. The first-order chi connectivity index (χ1) is 11.6. The van der Waals surface area contributed by atoms with E-state index in [-0.39, 0.29) is 42.2 Å². The third-order valence-electron chi connectivity index (χ3n) is 4.21. The molecule has 0 spiro atoms. The molecule has 1 fully saturated rings. The number of hydrogen-bond donors (Lipinski definition) is 2. The number of halogens is 2. The predicted octanol–water partition coefficient (Wildman–Crippen LogP) is 2.55. The van der Waals surface area contributed by atoms with Gasteiger partial charge in [0, 0.05) is 26.7 Å². The van der Waals surface area contributed by atoms with E-state index >= 15 is 0 Å². The molecule has 1 aromatic rings. The van der Waals surface area contributed by atoms with E-state index in [2.05, 4.69) is 15.6 Å². The Morgan fingerprint density at radius 3 is 2.60 bits per heavy atom. The molecule has 2 N–H and O–H groups in total. The second kappa shape index (κ2) is 11.3. The highest BCUT2D eigenvalue weighted by atomic mass is 127. The monoisotopic (exact) mass is 462 g/mol. The van der Waals surface area contributed by atoms with E-state index in [1.807, 2.05) is 6.07 Å². The zero-order valence-electron chi connectivity index (χ0n) is 14.9. The van der Waals surface area contributed by atoms with Crippen molar-refractivity contribution in [2.75, 3.05) is 27.2 Å². The Bertz CT molecular complexity index is 574. The third kappa shape index (κ3) is 7.58. The first kappa shape index (κ1) is 21.7. The van der Waals surface area contributed by atoms with Gasteiger partial charge >= 0.3 is 0 Å². The zero-order valence-corrected chi connectivity index (χ0v) is 17.3. The van der Waals surface area contributed by atoms with Crippen LogP contribution in [0.15, 0.2) is 29.3 Å². The van der Waals surface area contributed by atoms with Crippen molar-refractivity contribution < 1.29 is 9.18 Å². The van der Waals surface area contributed by atoms with Gasteiger partial charge in [-0.05, 0) is 30.9 Å². The molecule has 0 bridgehead atoms. The third-order valence-corrected chi connectivity index (χ3v) is 4.21. The van der Waals surface area contributed by atoms with Crippen molar-refractivity contribution in [2.24, 2.45) is 4.99 Å². The molecular weight excluding hydrogens is 434 g/mol. The lowest BCUT2D eigenvalue weighted by Gasteiger charge is -2.18. The van der Waals surface area contributed by atoms with Gasteiger partial charge in [-0.3, -0.25) is 4.79 Å². The van der Waals surface area contributed by atoms with Gasteiger partial charge in [-0.25, -0.2) is 9.38 Å². The van der Waals surface area contributed by atoms with Gasteiger partial charge < -0.3 is 15.5 Å². The number of nitrogens with zero attached hydrogens (tertiary/aromatic N) is 2. The number of carbonyl (C=O) groups excluding carboxylic acids is 1. The average Bonchev–Trinajstić information content (AvgIpc) is 3.06. The summed E-state index contributed by atoms with van der Waals surface area (Å²) in [5.41, 5.74) is 0.676. The first-order valence-corrected chi connectivity index (χ1v) is 8.54. The standard InChI is InChI=1S/C18H27FN4O.HI/c1-23(2)17(24)13-21-18(22-15-8-4-5-9-15)20-12-11-14-7-3-6-10-16(14)19;/h3,6-7,10,15H,4-5,8-9,11-13H2,1-2H3,(H2,20,21,22);1H. The van der Waals surface area contributed by atoms with Gasteiger partial charge in [0.15, 0.2) is 5.96 Å². The molecule has 0 radical (unpaired) electrons. The summed E-state index contributed by atoms with van der Waals surface area (Å²) in [6, 6.07) is 7.18. The number of amides is 1. The summed E-state index contributed by atoms with van der Waals surface area (Å²) in [6.45, 7) is 0.671. The van der Waals surface area contributed by atoms with Gasteiger partial charge in [-0.15, -0.1) is 24.0 Å². The Labute approximate surface area is 166 Å². The van der Waals surface area contributed by atoms with Gasteiger partial charge in [0.05, 0.1) is 0 Å². The quantitative estimate of drug-likeness (QED) is 0.388. The van der Waals surface area contributed by atoms with E-state index in [0.717, 1.165) is 12.8 Å². The normalized spacial score (nSPS) is 14.8. The zero-order chi connectivity index (χ0) is 17.4. The summed E-state index contributed by atoms with van der Waals surface area (Å²) in [6.07, 6.45) is 5.25. The molecule has 25 heavy (non-hydrogen) atoms. The van der Waals surface area contributed by atoms with Crippen LogP contribution in [0.3, 0.4) is 0 Å². The van der Waals surface area contributed by atoms with Crippen LogP contribution in [0, 0.1) is 5.82 Å². The number of rotatable bonds is 6. The molecule has 0 atom stereocenters. The highest BCUT2D eigenvalue weighted by Gasteiger charge is 2.16. The highest BCUT2D eigenvalue weighted by molar-refractivity contribution is 14.0. The van der Waals surface area contributed by atoms with Crippen molar-refractivity contribution in [1.82, 2.24) is 15.5 Å². The fourth-order valence-electron chi connectivity index (χ4n) is 2.72. The maximum absolute atomic E-state index is 13.7. The Morgan fingerprint density at radius 1 is 1.28 bits per heavy atom. The van der Waals surface area contributed by atoms with Crippen LogP contribution < -0.4 is 10.6 Å². The summed E-state index contributed by atoms with van der Waals surface area (Å²) in [5, 5.41) is 6.60. The Hall–Kier alpha value is -1.38. The van der Waals surface area contributed by atoms with E-state index in [0.29, 0.717) is 30.5 Å². The van der Waals surface area contributed by atoms with Crippen LogP contribution >= 0.6 is 24.0 Å². The molecule has 0 unspecified atom stereocenters. The van der Waals surface area contributed by atoms with Gasteiger partial charge in [0.2, 0.25) is 5.91 Å².